The van der Waals surface area contributed by atoms with Gasteiger partial charge in [-0.05, 0) is 42.0 Å². The van der Waals surface area contributed by atoms with Gasteiger partial charge in [-0.2, -0.15) is 0 Å². The highest BCUT2D eigenvalue weighted by atomic mass is 35.5. The Kier molecular flexibility index (Phi) is 4.05. The van der Waals surface area contributed by atoms with Crippen molar-refractivity contribution in [3.63, 3.8) is 0 Å². The second-order valence-corrected chi connectivity index (χ2v) is 5.07. The molecule has 0 atom stereocenters. The van der Waals surface area contributed by atoms with E-state index < -0.39 is 0 Å². The first-order valence-electron chi connectivity index (χ1n) is 5.11. The maximum absolute atomic E-state index is 13.1. The van der Waals surface area contributed by atoms with E-state index in [9.17, 15) is 4.39 Å². The van der Waals surface area contributed by atoms with Gasteiger partial charge in [0.2, 0.25) is 0 Å². The van der Waals surface area contributed by atoms with Crippen molar-refractivity contribution in [2.45, 2.75) is 16.3 Å². The second kappa shape index (κ2) is 5.54. The lowest BCUT2D eigenvalue weighted by molar-refractivity contribution is 0.623. The lowest BCUT2D eigenvalue weighted by Gasteiger charge is -2.07. The van der Waals surface area contributed by atoms with E-state index in [2.05, 4.69) is 0 Å². The topological polar surface area (TPSA) is 26.0 Å². The van der Waals surface area contributed by atoms with E-state index in [1.54, 1.807) is 6.07 Å². The lowest BCUT2D eigenvalue weighted by atomic mass is 10.2. The summed E-state index contributed by atoms with van der Waals surface area (Å²) in [6.45, 7) is 0.320. The van der Waals surface area contributed by atoms with Crippen molar-refractivity contribution in [2.24, 2.45) is 5.73 Å². The maximum atomic E-state index is 13.1. The third-order valence-electron chi connectivity index (χ3n) is 2.27. The Morgan fingerprint density at radius 3 is 2.71 bits per heavy atom. The van der Waals surface area contributed by atoms with Crippen LogP contribution in [0, 0.1) is 5.82 Å². The molecule has 0 saturated heterocycles. The minimum atomic E-state index is -0.263. The van der Waals surface area contributed by atoms with Gasteiger partial charge < -0.3 is 5.73 Å². The summed E-state index contributed by atoms with van der Waals surface area (Å²) in [5.74, 6) is -0.263. The fourth-order valence-electron chi connectivity index (χ4n) is 1.46. The number of nitrogens with two attached hydrogens (primary N) is 1. The van der Waals surface area contributed by atoms with E-state index in [1.165, 1.54) is 23.9 Å². The van der Waals surface area contributed by atoms with E-state index in [4.69, 9.17) is 17.3 Å². The van der Waals surface area contributed by atoms with Gasteiger partial charge in [-0.1, -0.05) is 29.4 Å². The molecule has 4 heteroatoms. The van der Waals surface area contributed by atoms with Crippen LogP contribution in [0.2, 0.25) is 5.02 Å². The van der Waals surface area contributed by atoms with Crippen LogP contribution >= 0.6 is 23.4 Å². The SMILES string of the molecule is NCc1cc(F)ccc1Sc1cccc(Cl)c1. The van der Waals surface area contributed by atoms with E-state index in [0.29, 0.717) is 11.6 Å². The number of benzene rings is 2. The normalized spacial score (nSPS) is 10.5. The van der Waals surface area contributed by atoms with Gasteiger partial charge in [-0.25, -0.2) is 4.39 Å². The first kappa shape index (κ1) is 12.4. The van der Waals surface area contributed by atoms with Crippen LogP contribution in [-0.4, -0.2) is 0 Å². The highest BCUT2D eigenvalue weighted by molar-refractivity contribution is 7.99. The molecule has 1 nitrogen and oxygen atoms in total. The van der Waals surface area contributed by atoms with Crippen molar-refractivity contribution in [1.29, 1.82) is 0 Å². The Bertz CT molecular complexity index is 531. The van der Waals surface area contributed by atoms with Gasteiger partial charge in [-0.3, -0.25) is 0 Å². The molecule has 0 bridgehead atoms. The van der Waals surface area contributed by atoms with Crippen LogP contribution in [-0.2, 0) is 6.54 Å². The smallest absolute Gasteiger partial charge is 0.123 e. The summed E-state index contributed by atoms with van der Waals surface area (Å²) in [7, 11) is 0. The molecule has 0 radical (unpaired) electrons. The van der Waals surface area contributed by atoms with Gasteiger partial charge in [0.1, 0.15) is 5.82 Å². The molecule has 2 rings (SSSR count). The summed E-state index contributed by atoms with van der Waals surface area (Å²) >= 11 is 7.44. The molecule has 0 aliphatic rings. The van der Waals surface area contributed by atoms with Crippen molar-refractivity contribution in [2.75, 3.05) is 0 Å². The van der Waals surface area contributed by atoms with E-state index in [-0.39, 0.29) is 5.82 Å². The van der Waals surface area contributed by atoms with Gasteiger partial charge in [0.05, 0.1) is 0 Å². The summed E-state index contributed by atoms with van der Waals surface area (Å²) < 4.78 is 13.1. The zero-order chi connectivity index (χ0) is 12.3. The molecule has 0 aliphatic carbocycles. The summed E-state index contributed by atoms with van der Waals surface area (Å²) in [5, 5.41) is 0.686. The lowest BCUT2D eigenvalue weighted by Crippen LogP contribution is -1.98. The molecule has 0 fully saturated rings. The Balaban J connectivity index is 2.29. The highest BCUT2D eigenvalue weighted by Crippen LogP contribution is 2.32. The van der Waals surface area contributed by atoms with Crippen LogP contribution in [0.5, 0.6) is 0 Å². The predicted octanol–water partition coefficient (Wildman–Crippen LogP) is 4.09. The summed E-state index contributed by atoms with van der Waals surface area (Å²) in [6.07, 6.45) is 0. The summed E-state index contributed by atoms with van der Waals surface area (Å²) in [6, 6.07) is 12.2. The number of rotatable bonds is 3. The van der Waals surface area contributed by atoms with Crippen molar-refractivity contribution >= 4 is 23.4 Å². The predicted molar refractivity (Wildman–Crippen MR) is 69.9 cm³/mol. The molecule has 2 aromatic carbocycles. The van der Waals surface area contributed by atoms with Gasteiger partial charge in [0, 0.05) is 21.4 Å². The van der Waals surface area contributed by atoms with Crippen LogP contribution in [0.25, 0.3) is 0 Å². The number of hydrogen-bond acceptors (Lipinski definition) is 2. The largest absolute Gasteiger partial charge is 0.326 e. The second-order valence-electron chi connectivity index (χ2n) is 3.52. The quantitative estimate of drug-likeness (QED) is 0.906. The van der Waals surface area contributed by atoms with E-state index >= 15 is 0 Å². The van der Waals surface area contributed by atoms with Gasteiger partial charge in [0.15, 0.2) is 0 Å². The molecule has 17 heavy (non-hydrogen) atoms. The molecule has 0 amide bonds. The maximum Gasteiger partial charge on any atom is 0.123 e. The molecule has 2 N–H and O–H groups in total. The fourth-order valence-corrected chi connectivity index (χ4v) is 2.72. The van der Waals surface area contributed by atoms with E-state index in [1.807, 2.05) is 24.3 Å². The van der Waals surface area contributed by atoms with Crippen LogP contribution < -0.4 is 5.73 Å². The molecule has 0 saturated carbocycles. The monoisotopic (exact) mass is 267 g/mol. The van der Waals surface area contributed by atoms with Gasteiger partial charge in [-0.15, -0.1) is 0 Å². The number of halogens is 2. The van der Waals surface area contributed by atoms with Crippen molar-refractivity contribution in [3.8, 4) is 0 Å². The standard InChI is InChI=1S/C13H11ClFNS/c14-10-2-1-3-12(7-10)17-13-5-4-11(15)6-9(13)8-16/h1-7H,8,16H2. The van der Waals surface area contributed by atoms with Gasteiger partial charge in [0.25, 0.3) is 0 Å². The zero-order valence-electron chi connectivity index (χ0n) is 8.99. The van der Waals surface area contributed by atoms with Crippen molar-refractivity contribution < 1.29 is 4.39 Å². The molecule has 0 aromatic heterocycles. The number of hydrogen-bond donors (Lipinski definition) is 1. The first-order valence-corrected chi connectivity index (χ1v) is 6.30. The zero-order valence-corrected chi connectivity index (χ0v) is 10.6. The summed E-state index contributed by atoms with van der Waals surface area (Å²) in [4.78, 5) is 1.97. The molecule has 0 heterocycles. The van der Waals surface area contributed by atoms with E-state index in [0.717, 1.165) is 15.4 Å². The molecule has 0 aliphatic heterocycles. The van der Waals surface area contributed by atoms with Crippen molar-refractivity contribution in [3.05, 3.63) is 58.9 Å². The van der Waals surface area contributed by atoms with Gasteiger partial charge >= 0.3 is 0 Å². The van der Waals surface area contributed by atoms with Crippen LogP contribution in [0.4, 0.5) is 4.39 Å². The Morgan fingerprint density at radius 1 is 1.18 bits per heavy atom. The molecular weight excluding hydrogens is 257 g/mol. The third-order valence-corrected chi connectivity index (χ3v) is 3.61. The average molecular weight is 268 g/mol. The molecule has 0 unspecified atom stereocenters. The third kappa shape index (κ3) is 3.22. The molecular formula is C13H11ClFNS. The van der Waals surface area contributed by atoms with Crippen LogP contribution in [0.3, 0.4) is 0 Å². The molecule has 2 aromatic rings. The fraction of sp³-hybridized carbons (Fsp3) is 0.0769. The minimum absolute atomic E-state index is 0.263. The molecule has 0 spiro atoms. The van der Waals surface area contributed by atoms with Crippen LogP contribution in [0.15, 0.2) is 52.3 Å². The Labute approximate surface area is 109 Å². The highest BCUT2D eigenvalue weighted by Gasteiger charge is 2.05. The first-order chi connectivity index (χ1) is 8.19. The van der Waals surface area contributed by atoms with Crippen LogP contribution in [0.1, 0.15) is 5.56 Å². The Hall–Kier alpha value is -1.03. The minimum Gasteiger partial charge on any atom is -0.326 e. The average Bonchev–Trinajstić information content (AvgIpc) is 2.31. The Morgan fingerprint density at radius 2 is 2.00 bits per heavy atom. The molecule has 88 valence electrons. The summed E-state index contributed by atoms with van der Waals surface area (Å²) in [5.41, 5.74) is 6.40. The van der Waals surface area contributed by atoms with Crippen molar-refractivity contribution in [1.82, 2.24) is 0 Å².